The number of ether oxygens (including phenoxy) is 2. The molecule has 2 heterocycles. The fourth-order valence-corrected chi connectivity index (χ4v) is 1.68. The van der Waals surface area contributed by atoms with E-state index in [9.17, 15) is 0 Å². The summed E-state index contributed by atoms with van der Waals surface area (Å²) in [5, 5.41) is 1.13. The van der Waals surface area contributed by atoms with Gasteiger partial charge in [0.25, 0.3) is 0 Å². The quantitative estimate of drug-likeness (QED) is 0.527. The molecule has 0 aromatic carbocycles. The van der Waals surface area contributed by atoms with Crippen LogP contribution in [0.3, 0.4) is 0 Å². The van der Waals surface area contributed by atoms with E-state index < -0.39 is 0 Å². The van der Waals surface area contributed by atoms with Gasteiger partial charge in [0.1, 0.15) is 0 Å². The van der Waals surface area contributed by atoms with Crippen LogP contribution < -0.4 is 5.32 Å². The van der Waals surface area contributed by atoms with Crippen molar-refractivity contribution in [1.29, 1.82) is 0 Å². The fourth-order valence-electron chi connectivity index (χ4n) is 1.22. The van der Waals surface area contributed by atoms with E-state index in [1.54, 1.807) is 0 Å². The predicted octanol–water partition coefficient (Wildman–Crippen LogP) is -0.882. The molecule has 0 bridgehead atoms. The van der Waals surface area contributed by atoms with Gasteiger partial charge >= 0.3 is 0 Å². The number of hydrogen-bond donors (Lipinski definition) is 0. The Kier molecular flexibility index (Phi) is 2.21. The SMILES string of the molecule is [SiH3]c1cccc(C2OCCO2)n1. The third-order valence-electron chi connectivity index (χ3n) is 1.77. The smallest absolute Gasteiger partial charge is 0.201 e. The average Bonchev–Trinajstić information content (AvgIpc) is 2.56. The van der Waals surface area contributed by atoms with Crippen LogP contribution in [0.15, 0.2) is 18.2 Å². The summed E-state index contributed by atoms with van der Waals surface area (Å²) in [6, 6.07) is 5.96. The molecule has 1 fully saturated rings. The minimum absolute atomic E-state index is 0.223. The highest BCUT2D eigenvalue weighted by Crippen LogP contribution is 2.19. The molecular formula is C8H11NO2Si. The zero-order chi connectivity index (χ0) is 8.39. The van der Waals surface area contributed by atoms with Crippen LogP contribution in [0, 0.1) is 0 Å². The molecule has 0 spiro atoms. The topological polar surface area (TPSA) is 31.4 Å². The van der Waals surface area contributed by atoms with Gasteiger partial charge in [-0.25, -0.2) is 0 Å². The highest BCUT2D eigenvalue weighted by Gasteiger charge is 2.18. The molecule has 0 atom stereocenters. The Morgan fingerprint density at radius 2 is 2.08 bits per heavy atom. The Labute approximate surface area is 74.1 Å². The third kappa shape index (κ3) is 1.55. The summed E-state index contributed by atoms with van der Waals surface area (Å²) >= 11 is 0. The number of hydrogen-bond acceptors (Lipinski definition) is 3. The first-order chi connectivity index (χ1) is 5.86. The van der Waals surface area contributed by atoms with Crippen molar-refractivity contribution in [3.8, 4) is 0 Å². The monoisotopic (exact) mass is 181 g/mol. The largest absolute Gasteiger partial charge is 0.345 e. The van der Waals surface area contributed by atoms with Crippen molar-refractivity contribution >= 4 is 15.6 Å². The Balaban J connectivity index is 2.21. The van der Waals surface area contributed by atoms with Crippen LogP contribution in [0.5, 0.6) is 0 Å². The molecule has 0 aliphatic carbocycles. The van der Waals surface area contributed by atoms with Gasteiger partial charge in [-0.05, 0) is 12.1 Å². The molecule has 2 rings (SSSR count). The lowest BCUT2D eigenvalue weighted by Gasteiger charge is -2.07. The number of pyridine rings is 1. The maximum absolute atomic E-state index is 5.32. The van der Waals surface area contributed by atoms with E-state index in [1.807, 2.05) is 18.2 Å². The standard InChI is InChI=1S/C8H11NO2Si/c12-7-3-1-2-6(9-7)8-10-4-5-11-8/h1-3,8H,4-5H2,12H3. The summed E-state index contributed by atoms with van der Waals surface area (Å²) in [5.41, 5.74) is 0.903. The van der Waals surface area contributed by atoms with E-state index in [2.05, 4.69) is 4.98 Å². The van der Waals surface area contributed by atoms with Crippen LogP contribution in [0.2, 0.25) is 0 Å². The first kappa shape index (κ1) is 7.91. The molecule has 3 nitrogen and oxygen atoms in total. The lowest BCUT2D eigenvalue weighted by Crippen LogP contribution is -2.12. The molecular weight excluding hydrogens is 170 g/mol. The van der Waals surface area contributed by atoms with Gasteiger partial charge in [-0.2, -0.15) is 0 Å². The zero-order valence-corrected chi connectivity index (χ0v) is 8.99. The van der Waals surface area contributed by atoms with Gasteiger partial charge in [0.05, 0.1) is 29.2 Å². The van der Waals surface area contributed by atoms with Crippen LogP contribution in [0.25, 0.3) is 0 Å². The van der Waals surface area contributed by atoms with E-state index in [4.69, 9.17) is 9.47 Å². The Morgan fingerprint density at radius 3 is 2.75 bits per heavy atom. The molecule has 64 valence electrons. The van der Waals surface area contributed by atoms with Crippen molar-refractivity contribution in [2.24, 2.45) is 0 Å². The Hall–Kier alpha value is -0.713. The summed E-state index contributed by atoms with van der Waals surface area (Å²) in [4.78, 5) is 4.37. The summed E-state index contributed by atoms with van der Waals surface area (Å²) in [6.45, 7) is 1.36. The van der Waals surface area contributed by atoms with E-state index in [-0.39, 0.29) is 6.29 Å². The van der Waals surface area contributed by atoms with Crippen LogP contribution in [-0.2, 0) is 9.47 Å². The highest BCUT2D eigenvalue weighted by molar-refractivity contribution is 6.30. The molecule has 0 unspecified atom stereocenters. The average molecular weight is 181 g/mol. The van der Waals surface area contributed by atoms with Gasteiger partial charge in [0, 0.05) is 5.32 Å². The Morgan fingerprint density at radius 1 is 1.33 bits per heavy atom. The zero-order valence-electron chi connectivity index (χ0n) is 6.99. The number of rotatable bonds is 1. The van der Waals surface area contributed by atoms with Gasteiger partial charge in [0.2, 0.25) is 6.29 Å². The van der Waals surface area contributed by atoms with Crippen molar-refractivity contribution in [3.63, 3.8) is 0 Å². The molecule has 1 aromatic rings. The summed E-state index contributed by atoms with van der Waals surface area (Å²) in [7, 11) is 0.971. The van der Waals surface area contributed by atoms with Crippen molar-refractivity contribution in [3.05, 3.63) is 23.9 Å². The van der Waals surface area contributed by atoms with Crippen LogP contribution in [0.1, 0.15) is 12.0 Å². The van der Waals surface area contributed by atoms with Crippen LogP contribution >= 0.6 is 0 Å². The van der Waals surface area contributed by atoms with Crippen molar-refractivity contribution < 1.29 is 9.47 Å². The second-order valence-corrected chi connectivity index (χ2v) is 3.80. The fraction of sp³-hybridized carbons (Fsp3) is 0.375. The van der Waals surface area contributed by atoms with E-state index in [0.717, 1.165) is 21.3 Å². The molecule has 1 saturated heterocycles. The van der Waals surface area contributed by atoms with E-state index in [0.29, 0.717) is 13.2 Å². The van der Waals surface area contributed by atoms with Gasteiger partial charge in [-0.3, -0.25) is 4.98 Å². The second kappa shape index (κ2) is 3.34. The minimum Gasteiger partial charge on any atom is -0.345 e. The molecule has 1 aliphatic rings. The summed E-state index contributed by atoms with van der Waals surface area (Å²) in [5.74, 6) is 0. The summed E-state index contributed by atoms with van der Waals surface area (Å²) < 4.78 is 10.6. The molecule has 1 aromatic heterocycles. The van der Waals surface area contributed by atoms with Gasteiger partial charge in [-0.15, -0.1) is 0 Å². The first-order valence-electron chi connectivity index (χ1n) is 4.03. The molecule has 4 heteroatoms. The van der Waals surface area contributed by atoms with Crippen LogP contribution in [-0.4, -0.2) is 28.4 Å². The summed E-state index contributed by atoms with van der Waals surface area (Å²) in [6.07, 6.45) is -0.223. The van der Waals surface area contributed by atoms with Gasteiger partial charge in [0.15, 0.2) is 0 Å². The minimum atomic E-state index is -0.223. The van der Waals surface area contributed by atoms with Crippen LogP contribution in [0.4, 0.5) is 0 Å². The lowest BCUT2D eigenvalue weighted by molar-refractivity contribution is -0.0471. The second-order valence-electron chi connectivity index (χ2n) is 2.78. The third-order valence-corrected chi connectivity index (χ3v) is 2.33. The van der Waals surface area contributed by atoms with Gasteiger partial charge in [-0.1, -0.05) is 6.07 Å². The van der Waals surface area contributed by atoms with Crippen molar-refractivity contribution in [2.45, 2.75) is 6.29 Å². The molecule has 1 aliphatic heterocycles. The molecule has 0 saturated carbocycles. The predicted molar refractivity (Wildman–Crippen MR) is 48.5 cm³/mol. The van der Waals surface area contributed by atoms with E-state index >= 15 is 0 Å². The molecule has 12 heavy (non-hydrogen) atoms. The highest BCUT2D eigenvalue weighted by atomic mass is 28.1. The molecule has 0 radical (unpaired) electrons. The number of aromatic nitrogens is 1. The van der Waals surface area contributed by atoms with Gasteiger partial charge < -0.3 is 9.47 Å². The molecule has 0 N–H and O–H groups in total. The normalized spacial score (nSPS) is 18.7. The Bertz CT molecular complexity index is 274. The lowest BCUT2D eigenvalue weighted by atomic mass is 10.3. The first-order valence-corrected chi connectivity index (χ1v) is 5.03. The van der Waals surface area contributed by atoms with Crippen molar-refractivity contribution in [2.75, 3.05) is 13.2 Å². The maximum atomic E-state index is 5.32. The van der Waals surface area contributed by atoms with E-state index in [1.165, 1.54) is 0 Å². The number of nitrogens with zero attached hydrogens (tertiary/aromatic N) is 1. The maximum Gasteiger partial charge on any atom is 0.201 e. The molecule has 0 amide bonds. The van der Waals surface area contributed by atoms with Crippen molar-refractivity contribution in [1.82, 2.24) is 4.98 Å².